The number of fused-ring (bicyclic) bond motifs is 5. The van der Waals surface area contributed by atoms with E-state index in [2.05, 4.69) is 156 Å². The van der Waals surface area contributed by atoms with Gasteiger partial charge in [0.05, 0.1) is 28.2 Å². The van der Waals surface area contributed by atoms with Crippen molar-refractivity contribution in [2.75, 3.05) is 0 Å². The number of ether oxygens (including phenoxy) is 2. The lowest BCUT2D eigenvalue weighted by molar-refractivity contribution is 0.359. The van der Waals surface area contributed by atoms with Crippen LogP contribution in [0.2, 0.25) is 0 Å². The molecule has 0 spiro atoms. The first-order valence-corrected chi connectivity index (χ1v) is 19.1. The molecular weight excluding hydrogens is 699 g/mol. The van der Waals surface area contributed by atoms with Gasteiger partial charge in [-0.2, -0.15) is 0 Å². The van der Waals surface area contributed by atoms with Crippen LogP contribution in [0.3, 0.4) is 0 Å². The first kappa shape index (κ1) is 32.8. The van der Waals surface area contributed by atoms with Gasteiger partial charge in [-0.3, -0.25) is 9.97 Å². The van der Waals surface area contributed by atoms with Crippen molar-refractivity contribution in [3.8, 4) is 79.2 Å². The Kier molecular flexibility index (Phi) is 7.64. The second-order valence-electron chi connectivity index (χ2n) is 14.4. The standard InChI is InChI=1S/C52H33N3O2/c1-3-13-38(14-4-1)52(39-15-5-2-6-16-39)42-18-8-7-17-40(42)41-32-50-51(33-43(41)52)56-48-26-25-36(31-49(48)57-50)34-21-23-35(24-22-34)37-29-46(44-19-9-11-27-53-44)55-47(30-37)45-20-10-12-28-54-45/h1-33H. The fraction of sp³-hybridized carbons (Fsp3) is 0.0192. The van der Waals surface area contributed by atoms with Gasteiger partial charge in [0.15, 0.2) is 23.0 Å². The van der Waals surface area contributed by atoms with E-state index in [1.54, 1.807) is 12.4 Å². The van der Waals surface area contributed by atoms with Gasteiger partial charge in [0, 0.05) is 12.4 Å². The molecule has 5 nitrogen and oxygen atoms in total. The summed E-state index contributed by atoms with van der Waals surface area (Å²) >= 11 is 0. The summed E-state index contributed by atoms with van der Waals surface area (Å²) in [5, 5.41) is 0. The summed E-state index contributed by atoms with van der Waals surface area (Å²) in [6.45, 7) is 0. The fourth-order valence-corrected chi connectivity index (χ4v) is 8.54. The summed E-state index contributed by atoms with van der Waals surface area (Å²) in [6, 6.07) is 65.3. The second-order valence-corrected chi connectivity index (χ2v) is 14.4. The minimum absolute atomic E-state index is 0.514. The molecule has 5 heteroatoms. The van der Waals surface area contributed by atoms with Gasteiger partial charge in [0.25, 0.3) is 0 Å². The van der Waals surface area contributed by atoms with Crippen molar-refractivity contribution in [1.82, 2.24) is 15.0 Å². The highest BCUT2D eigenvalue weighted by molar-refractivity contribution is 5.88. The van der Waals surface area contributed by atoms with Crippen LogP contribution in [0.5, 0.6) is 23.0 Å². The molecule has 2 aliphatic rings. The first-order valence-electron chi connectivity index (χ1n) is 19.1. The average Bonchev–Trinajstić information content (AvgIpc) is 3.58. The predicted octanol–water partition coefficient (Wildman–Crippen LogP) is 12.8. The van der Waals surface area contributed by atoms with Crippen LogP contribution in [-0.2, 0) is 5.41 Å². The van der Waals surface area contributed by atoms with E-state index in [4.69, 9.17) is 14.5 Å². The van der Waals surface area contributed by atoms with Crippen LogP contribution in [0, 0.1) is 0 Å². The highest BCUT2D eigenvalue weighted by Gasteiger charge is 2.47. The monoisotopic (exact) mass is 731 g/mol. The molecular formula is C52H33N3O2. The molecule has 1 aliphatic heterocycles. The fourth-order valence-electron chi connectivity index (χ4n) is 8.54. The number of benzene rings is 6. The molecule has 0 atom stereocenters. The summed E-state index contributed by atoms with van der Waals surface area (Å²) in [5.41, 5.74) is 14.1. The van der Waals surface area contributed by atoms with Crippen LogP contribution in [0.4, 0.5) is 0 Å². The van der Waals surface area contributed by atoms with E-state index in [0.717, 1.165) is 50.6 Å². The quantitative estimate of drug-likeness (QED) is 0.170. The zero-order chi connectivity index (χ0) is 37.8. The molecule has 0 bridgehead atoms. The molecule has 6 aromatic carbocycles. The smallest absolute Gasteiger partial charge is 0.170 e. The maximum absolute atomic E-state index is 6.72. The third-order valence-electron chi connectivity index (χ3n) is 11.1. The highest BCUT2D eigenvalue weighted by Crippen LogP contribution is 2.59. The minimum Gasteiger partial charge on any atom is -0.450 e. The lowest BCUT2D eigenvalue weighted by Crippen LogP contribution is -2.28. The zero-order valence-electron chi connectivity index (χ0n) is 30.7. The van der Waals surface area contributed by atoms with Crippen LogP contribution < -0.4 is 9.47 Å². The molecule has 0 radical (unpaired) electrons. The van der Waals surface area contributed by atoms with Crippen LogP contribution in [0.15, 0.2) is 200 Å². The summed E-state index contributed by atoms with van der Waals surface area (Å²) in [5.74, 6) is 2.77. The number of nitrogens with zero attached hydrogens (tertiary/aromatic N) is 3. The Morgan fingerprint density at radius 1 is 0.333 bits per heavy atom. The summed E-state index contributed by atoms with van der Waals surface area (Å²) in [7, 11) is 0. The number of aromatic nitrogens is 3. The molecule has 0 saturated heterocycles. The zero-order valence-corrected chi connectivity index (χ0v) is 30.7. The molecule has 4 heterocycles. The number of pyridine rings is 3. The lowest BCUT2D eigenvalue weighted by Gasteiger charge is -2.34. The Balaban J connectivity index is 0.948. The van der Waals surface area contributed by atoms with Gasteiger partial charge in [-0.25, -0.2) is 4.98 Å². The van der Waals surface area contributed by atoms with E-state index in [1.807, 2.05) is 42.5 Å². The number of hydrogen-bond acceptors (Lipinski definition) is 5. The number of rotatable bonds is 6. The SMILES string of the molecule is c1ccc(C2(c3ccccc3)c3ccccc3-c3cc4c(cc32)Oc2ccc(-c3ccc(-c5cc(-c6ccccn6)nc(-c6ccccn6)c5)cc3)cc2O4)cc1. The third kappa shape index (κ3) is 5.43. The van der Waals surface area contributed by atoms with Crippen LogP contribution in [0.1, 0.15) is 22.3 Å². The van der Waals surface area contributed by atoms with E-state index in [1.165, 1.54) is 27.8 Å². The molecule has 0 unspecified atom stereocenters. The van der Waals surface area contributed by atoms with Gasteiger partial charge in [0.1, 0.15) is 0 Å². The summed E-state index contributed by atoms with van der Waals surface area (Å²) in [6.07, 6.45) is 3.58. The number of hydrogen-bond donors (Lipinski definition) is 0. The minimum atomic E-state index is -0.514. The van der Waals surface area contributed by atoms with Gasteiger partial charge < -0.3 is 9.47 Å². The van der Waals surface area contributed by atoms with Crippen molar-refractivity contribution >= 4 is 0 Å². The molecule has 0 amide bonds. The van der Waals surface area contributed by atoms with Crippen molar-refractivity contribution in [3.05, 3.63) is 223 Å². The third-order valence-corrected chi connectivity index (χ3v) is 11.1. The normalized spacial score (nSPS) is 13.0. The molecule has 3 aromatic heterocycles. The Morgan fingerprint density at radius 2 is 0.860 bits per heavy atom. The predicted molar refractivity (Wildman–Crippen MR) is 225 cm³/mol. The van der Waals surface area contributed by atoms with Crippen molar-refractivity contribution in [1.29, 1.82) is 0 Å². The molecule has 0 saturated carbocycles. The Labute approximate surface area is 330 Å². The van der Waals surface area contributed by atoms with E-state index in [9.17, 15) is 0 Å². The summed E-state index contributed by atoms with van der Waals surface area (Å²) < 4.78 is 13.4. The Hall–Kier alpha value is -7.63. The topological polar surface area (TPSA) is 57.1 Å². The molecule has 9 aromatic rings. The lowest BCUT2D eigenvalue weighted by atomic mass is 9.67. The molecule has 1 aliphatic carbocycles. The Bertz CT molecular complexity index is 2840. The maximum atomic E-state index is 6.72. The average molecular weight is 732 g/mol. The van der Waals surface area contributed by atoms with Crippen LogP contribution in [0.25, 0.3) is 56.2 Å². The van der Waals surface area contributed by atoms with Crippen LogP contribution >= 0.6 is 0 Å². The molecule has 57 heavy (non-hydrogen) atoms. The van der Waals surface area contributed by atoms with Crippen LogP contribution in [-0.4, -0.2) is 15.0 Å². The van der Waals surface area contributed by atoms with E-state index >= 15 is 0 Å². The van der Waals surface area contributed by atoms with Gasteiger partial charge in [0.2, 0.25) is 0 Å². The van der Waals surface area contributed by atoms with Gasteiger partial charge in [-0.1, -0.05) is 127 Å². The van der Waals surface area contributed by atoms with Gasteiger partial charge in [-0.05, 0) is 116 Å². The second kappa shape index (κ2) is 13.3. The molecule has 11 rings (SSSR count). The van der Waals surface area contributed by atoms with Crippen molar-refractivity contribution in [2.24, 2.45) is 0 Å². The van der Waals surface area contributed by atoms with E-state index < -0.39 is 5.41 Å². The molecule has 268 valence electrons. The van der Waals surface area contributed by atoms with Crippen molar-refractivity contribution < 1.29 is 9.47 Å². The van der Waals surface area contributed by atoms with Crippen molar-refractivity contribution in [2.45, 2.75) is 5.41 Å². The molecule has 0 N–H and O–H groups in total. The first-order chi connectivity index (χ1) is 28.2. The van der Waals surface area contributed by atoms with E-state index in [-0.39, 0.29) is 0 Å². The molecule has 0 fully saturated rings. The highest BCUT2D eigenvalue weighted by atomic mass is 16.6. The van der Waals surface area contributed by atoms with Gasteiger partial charge >= 0.3 is 0 Å². The van der Waals surface area contributed by atoms with Crippen molar-refractivity contribution in [3.63, 3.8) is 0 Å². The summed E-state index contributed by atoms with van der Waals surface area (Å²) in [4.78, 5) is 14.1. The van der Waals surface area contributed by atoms with Gasteiger partial charge in [-0.15, -0.1) is 0 Å². The van der Waals surface area contributed by atoms with E-state index in [0.29, 0.717) is 23.0 Å². The largest absolute Gasteiger partial charge is 0.450 e. The Morgan fingerprint density at radius 3 is 1.49 bits per heavy atom. The maximum Gasteiger partial charge on any atom is 0.170 e.